The van der Waals surface area contributed by atoms with E-state index < -0.39 is 18.1 Å². The summed E-state index contributed by atoms with van der Waals surface area (Å²) in [6.07, 6.45) is -4.25. The SMILES string of the molecule is COc1cccc(CN2CCN(C(=O)C3CCCN3C(=O)C(F)(F)F)CC2)c1. The molecule has 0 spiro atoms. The molecule has 2 fully saturated rings. The van der Waals surface area contributed by atoms with Gasteiger partial charge in [0.05, 0.1) is 7.11 Å². The molecule has 0 aliphatic carbocycles. The molecule has 0 bridgehead atoms. The summed E-state index contributed by atoms with van der Waals surface area (Å²) >= 11 is 0. The van der Waals surface area contributed by atoms with Gasteiger partial charge in [-0.2, -0.15) is 13.2 Å². The molecule has 2 heterocycles. The molecule has 3 rings (SSSR count). The van der Waals surface area contributed by atoms with E-state index in [1.165, 1.54) is 0 Å². The lowest BCUT2D eigenvalue weighted by atomic mass is 10.1. The van der Waals surface area contributed by atoms with Crippen molar-refractivity contribution in [2.45, 2.75) is 31.6 Å². The Morgan fingerprint density at radius 2 is 1.86 bits per heavy atom. The fourth-order valence-corrected chi connectivity index (χ4v) is 3.80. The van der Waals surface area contributed by atoms with Gasteiger partial charge in [-0.05, 0) is 30.5 Å². The summed E-state index contributed by atoms with van der Waals surface area (Å²) in [6.45, 7) is 2.82. The molecule has 28 heavy (non-hydrogen) atoms. The van der Waals surface area contributed by atoms with E-state index in [1.54, 1.807) is 12.0 Å². The topological polar surface area (TPSA) is 53.1 Å². The van der Waals surface area contributed by atoms with E-state index in [0.717, 1.165) is 11.3 Å². The molecule has 2 aliphatic rings. The highest BCUT2D eigenvalue weighted by Gasteiger charge is 2.48. The first-order valence-corrected chi connectivity index (χ1v) is 9.31. The van der Waals surface area contributed by atoms with E-state index in [-0.39, 0.29) is 18.9 Å². The van der Waals surface area contributed by atoms with E-state index in [4.69, 9.17) is 4.74 Å². The number of nitrogens with zero attached hydrogens (tertiary/aromatic N) is 3. The molecule has 0 aromatic heterocycles. The zero-order valence-electron chi connectivity index (χ0n) is 15.7. The lowest BCUT2D eigenvalue weighted by Crippen LogP contribution is -2.55. The molecule has 0 N–H and O–H groups in total. The number of amides is 2. The smallest absolute Gasteiger partial charge is 0.471 e. The van der Waals surface area contributed by atoms with Crippen molar-refractivity contribution in [3.8, 4) is 5.75 Å². The summed E-state index contributed by atoms with van der Waals surface area (Å²) in [4.78, 5) is 28.8. The Labute approximate surface area is 161 Å². The number of likely N-dealkylation sites (tertiary alicyclic amines) is 1. The summed E-state index contributed by atoms with van der Waals surface area (Å²) < 4.78 is 43.5. The van der Waals surface area contributed by atoms with Crippen LogP contribution in [-0.4, -0.2) is 78.6 Å². The molecule has 2 amide bonds. The summed E-state index contributed by atoms with van der Waals surface area (Å²) in [5, 5.41) is 0. The first-order chi connectivity index (χ1) is 13.3. The van der Waals surface area contributed by atoms with Crippen LogP contribution in [0.2, 0.25) is 0 Å². The van der Waals surface area contributed by atoms with Gasteiger partial charge in [-0.1, -0.05) is 12.1 Å². The lowest BCUT2D eigenvalue weighted by molar-refractivity contribution is -0.187. The third-order valence-electron chi connectivity index (χ3n) is 5.27. The Kier molecular flexibility index (Phi) is 6.12. The highest BCUT2D eigenvalue weighted by atomic mass is 19.4. The van der Waals surface area contributed by atoms with Crippen molar-refractivity contribution in [2.75, 3.05) is 39.8 Å². The predicted octanol–water partition coefficient (Wildman–Crippen LogP) is 1.89. The number of rotatable bonds is 4. The number of benzene rings is 1. The number of halogens is 3. The van der Waals surface area contributed by atoms with Gasteiger partial charge in [-0.25, -0.2) is 0 Å². The monoisotopic (exact) mass is 399 g/mol. The average molecular weight is 399 g/mol. The molecule has 1 unspecified atom stereocenters. The summed E-state index contributed by atoms with van der Waals surface area (Å²) in [5.41, 5.74) is 1.09. The fourth-order valence-electron chi connectivity index (χ4n) is 3.80. The van der Waals surface area contributed by atoms with Gasteiger partial charge in [-0.15, -0.1) is 0 Å². The minimum Gasteiger partial charge on any atom is -0.497 e. The van der Waals surface area contributed by atoms with Crippen molar-refractivity contribution in [1.82, 2.24) is 14.7 Å². The Morgan fingerprint density at radius 1 is 1.14 bits per heavy atom. The molecule has 1 aromatic carbocycles. The number of methoxy groups -OCH3 is 1. The van der Waals surface area contributed by atoms with Crippen LogP contribution in [0.25, 0.3) is 0 Å². The van der Waals surface area contributed by atoms with Gasteiger partial charge in [0, 0.05) is 39.3 Å². The van der Waals surface area contributed by atoms with Gasteiger partial charge in [-0.3, -0.25) is 14.5 Å². The number of alkyl halides is 3. The van der Waals surface area contributed by atoms with Crippen LogP contribution in [0.1, 0.15) is 18.4 Å². The molecule has 2 aliphatic heterocycles. The Bertz CT molecular complexity index is 718. The van der Waals surface area contributed by atoms with Crippen molar-refractivity contribution in [3.63, 3.8) is 0 Å². The first-order valence-electron chi connectivity index (χ1n) is 9.31. The van der Waals surface area contributed by atoms with Crippen molar-refractivity contribution >= 4 is 11.8 Å². The largest absolute Gasteiger partial charge is 0.497 e. The number of hydrogen-bond acceptors (Lipinski definition) is 4. The normalized spacial score (nSPS) is 21.1. The maximum Gasteiger partial charge on any atom is 0.471 e. The predicted molar refractivity (Wildman–Crippen MR) is 95.6 cm³/mol. The Balaban J connectivity index is 1.55. The van der Waals surface area contributed by atoms with Gasteiger partial charge in [0.25, 0.3) is 0 Å². The number of carbonyl (C=O) groups is 2. The molecule has 2 saturated heterocycles. The van der Waals surface area contributed by atoms with Crippen LogP contribution in [0.3, 0.4) is 0 Å². The van der Waals surface area contributed by atoms with Crippen LogP contribution >= 0.6 is 0 Å². The van der Waals surface area contributed by atoms with Crippen LogP contribution in [0.5, 0.6) is 5.75 Å². The zero-order valence-corrected chi connectivity index (χ0v) is 15.7. The maximum atomic E-state index is 12.8. The average Bonchev–Trinajstić information content (AvgIpc) is 3.16. The lowest BCUT2D eigenvalue weighted by Gasteiger charge is -2.37. The van der Waals surface area contributed by atoms with Crippen LogP contribution in [0.15, 0.2) is 24.3 Å². The summed E-state index contributed by atoms with van der Waals surface area (Å²) in [5.74, 6) is -1.52. The van der Waals surface area contributed by atoms with E-state index in [9.17, 15) is 22.8 Å². The first kappa shape index (κ1) is 20.4. The standard InChI is InChI=1S/C19H24F3N3O3/c1-28-15-5-2-4-14(12-15)13-23-8-10-24(11-9-23)17(26)16-6-3-7-25(16)18(27)19(20,21)22/h2,4-5,12,16H,3,6-11,13H2,1H3. The van der Waals surface area contributed by atoms with Crippen LogP contribution < -0.4 is 4.74 Å². The van der Waals surface area contributed by atoms with Gasteiger partial charge in [0.1, 0.15) is 11.8 Å². The quantitative estimate of drug-likeness (QED) is 0.776. The van der Waals surface area contributed by atoms with Crippen molar-refractivity contribution in [2.24, 2.45) is 0 Å². The fraction of sp³-hybridized carbons (Fsp3) is 0.579. The molecule has 6 nitrogen and oxygen atoms in total. The van der Waals surface area contributed by atoms with E-state index in [2.05, 4.69) is 4.90 Å². The molecule has 1 atom stereocenters. The van der Waals surface area contributed by atoms with E-state index in [0.29, 0.717) is 44.0 Å². The van der Waals surface area contributed by atoms with E-state index >= 15 is 0 Å². The number of piperazine rings is 1. The van der Waals surface area contributed by atoms with Crippen molar-refractivity contribution in [3.05, 3.63) is 29.8 Å². The van der Waals surface area contributed by atoms with Crippen LogP contribution in [-0.2, 0) is 16.1 Å². The minimum absolute atomic E-state index is 0.0233. The Morgan fingerprint density at radius 3 is 2.50 bits per heavy atom. The molecular weight excluding hydrogens is 375 g/mol. The molecule has 0 saturated carbocycles. The maximum absolute atomic E-state index is 12.8. The third kappa shape index (κ3) is 4.57. The molecule has 0 radical (unpaired) electrons. The zero-order chi connectivity index (χ0) is 20.3. The highest BCUT2D eigenvalue weighted by Crippen LogP contribution is 2.27. The summed E-state index contributed by atoms with van der Waals surface area (Å²) in [6, 6.07) is 6.74. The van der Waals surface area contributed by atoms with E-state index in [1.807, 2.05) is 24.3 Å². The van der Waals surface area contributed by atoms with Gasteiger partial charge < -0.3 is 14.5 Å². The van der Waals surface area contributed by atoms with Gasteiger partial charge in [0.15, 0.2) is 0 Å². The molecule has 9 heteroatoms. The second-order valence-electron chi connectivity index (χ2n) is 7.11. The van der Waals surface area contributed by atoms with Gasteiger partial charge in [0.2, 0.25) is 5.91 Å². The molecular formula is C19H24F3N3O3. The summed E-state index contributed by atoms with van der Waals surface area (Å²) in [7, 11) is 1.61. The number of hydrogen-bond donors (Lipinski definition) is 0. The Hall–Kier alpha value is -2.29. The van der Waals surface area contributed by atoms with Gasteiger partial charge >= 0.3 is 12.1 Å². The highest BCUT2D eigenvalue weighted by molar-refractivity contribution is 5.90. The molecule has 154 valence electrons. The van der Waals surface area contributed by atoms with Crippen molar-refractivity contribution < 1.29 is 27.5 Å². The molecule has 1 aromatic rings. The van der Waals surface area contributed by atoms with Crippen LogP contribution in [0, 0.1) is 0 Å². The number of carbonyl (C=O) groups excluding carboxylic acids is 2. The number of ether oxygens (including phenoxy) is 1. The minimum atomic E-state index is -4.95. The van der Waals surface area contributed by atoms with Crippen molar-refractivity contribution in [1.29, 1.82) is 0 Å². The second kappa shape index (κ2) is 8.38. The second-order valence-corrected chi connectivity index (χ2v) is 7.11. The third-order valence-corrected chi connectivity index (χ3v) is 5.27. The van der Waals surface area contributed by atoms with Crippen LogP contribution in [0.4, 0.5) is 13.2 Å².